The van der Waals surface area contributed by atoms with Gasteiger partial charge in [0.25, 0.3) is 0 Å². The number of carbonyl (C=O) groups excluding carboxylic acids is 2. The number of rotatable bonds is 1. The smallest absolute Gasteiger partial charge is 0.344 e. The standard InChI is InChI=1S/C32H40O7/c1-6-26-20(4)12-13-32(39-26)17-23-16-22(38-32)11-10-19(3)14-18(2)8-7-9-24-27-25(31(35)36-23)15-21(5)28(33)29(27)37-30(24)34/h7-10,15,18,20,22-23,26,33H,6,11-14,16-17H2,1-5H3/b8-7+,19-10+,24-9+/t18-,20+,22+,23-,26+,32+/m0/s1. The van der Waals surface area contributed by atoms with Gasteiger partial charge >= 0.3 is 11.9 Å². The molecule has 0 amide bonds. The van der Waals surface area contributed by atoms with E-state index in [1.807, 2.05) is 12.2 Å². The van der Waals surface area contributed by atoms with Gasteiger partial charge in [-0.1, -0.05) is 44.6 Å². The minimum absolute atomic E-state index is 0.0104. The number of fused-ring (bicyclic) bond motifs is 2. The number of aryl methyl sites for hydroxylation is 1. The summed E-state index contributed by atoms with van der Waals surface area (Å²) in [6, 6.07) is 1.58. The fraction of sp³-hybridized carbons (Fsp3) is 0.562. The largest absolute Gasteiger partial charge is 0.504 e. The van der Waals surface area contributed by atoms with Gasteiger partial charge in [-0.05, 0) is 69.1 Å². The summed E-state index contributed by atoms with van der Waals surface area (Å²) in [5, 5.41) is 10.7. The summed E-state index contributed by atoms with van der Waals surface area (Å²) in [5.74, 6) is -1.40. The molecule has 4 aliphatic heterocycles. The summed E-state index contributed by atoms with van der Waals surface area (Å²) in [6.07, 6.45) is 12.5. The summed E-state index contributed by atoms with van der Waals surface area (Å²) < 4.78 is 24.9. The fourth-order valence-corrected chi connectivity index (χ4v) is 6.42. The molecule has 0 aliphatic carbocycles. The van der Waals surface area contributed by atoms with Crippen molar-refractivity contribution in [2.75, 3.05) is 0 Å². The highest BCUT2D eigenvalue weighted by molar-refractivity contribution is 6.24. The lowest BCUT2D eigenvalue weighted by atomic mass is 9.85. The van der Waals surface area contributed by atoms with E-state index in [0.29, 0.717) is 30.7 Å². The highest BCUT2D eigenvalue weighted by Crippen LogP contribution is 2.47. The summed E-state index contributed by atoms with van der Waals surface area (Å²) >= 11 is 0. The van der Waals surface area contributed by atoms with Crippen LogP contribution in [-0.2, 0) is 19.0 Å². The first-order valence-electron chi connectivity index (χ1n) is 14.3. The van der Waals surface area contributed by atoms with E-state index in [2.05, 4.69) is 33.8 Å². The average molecular weight is 537 g/mol. The van der Waals surface area contributed by atoms with E-state index < -0.39 is 23.8 Å². The minimum atomic E-state index is -0.790. The molecule has 5 rings (SSSR count). The molecule has 4 aliphatic rings. The Bertz CT molecular complexity index is 1240. The normalized spacial score (nSPS) is 36.7. The number of phenols is 1. The molecular formula is C32H40O7. The predicted octanol–water partition coefficient (Wildman–Crippen LogP) is 6.56. The van der Waals surface area contributed by atoms with E-state index in [9.17, 15) is 14.7 Å². The first kappa shape index (κ1) is 27.7. The van der Waals surface area contributed by atoms with E-state index in [-0.39, 0.29) is 46.3 Å². The second kappa shape index (κ2) is 10.9. The lowest BCUT2D eigenvalue weighted by molar-refractivity contribution is -0.334. The van der Waals surface area contributed by atoms with Crippen molar-refractivity contribution < 1.29 is 33.6 Å². The van der Waals surface area contributed by atoms with Crippen LogP contribution in [0.3, 0.4) is 0 Å². The fourth-order valence-electron chi connectivity index (χ4n) is 6.42. The molecule has 2 bridgehead atoms. The van der Waals surface area contributed by atoms with Gasteiger partial charge in [-0.25, -0.2) is 9.59 Å². The Morgan fingerprint density at radius 3 is 2.67 bits per heavy atom. The molecule has 0 aromatic heterocycles. The number of carbonyl (C=O) groups is 2. The molecule has 0 unspecified atom stereocenters. The van der Waals surface area contributed by atoms with Gasteiger partial charge in [0.1, 0.15) is 6.10 Å². The molecule has 1 spiro atoms. The zero-order chi connectivity index (χ0) is 27.9. The third kappa shape index (κ3) is 5.57. The maximum Gasteiger partial charge on any atom is 0.344 e. The zero-order valence-corrected chi connectivity index (χ0v) is 23.6. The maximum atomic E-state index is 13.7. The first-order valence-corrected chi connectivity index (χ1v) is 14.3. The Labute approximate surface area is 230 Å². The van der Waals surface area contributed by atoms with Crippen molar-refractivity contribution in [2.45, 2.75) is 104 Å². The van der Waals surface area contributed by atoms with Gasteiger partial charge < -0.3 is 24.1 Å². The summed E-state index contributed by atoms with van der Waals surface area (Å²) in [4.78, 5) is 26.6. The van der Waals surface area contributed by atoms with Gasteiger partial charge in [0.2, 0.25) is 0 Å². The Balaban J connectivity index is 1.56. The first-order chi connectivity index (χ1) is 18.6. The van der Waals surface area contributed by atoms with Gasteiger partial charge in [0.05, 0.1) is 28.9 Å². The second-order valence-electron chi connectivity index (χ2n) is 11.8. The maximum absolute atomic E-state index is 13.7. The minimum Gasteiger partial charge on any atom is -0.504 e. The highest BCUT2D eigenvalue weighted by atomic mass is 16.7. The average Bonchev–Trinajstić information content (AvgIpc) is 3.22. The van der Waals surface area contributed by atoms with Crippen molar-refractivity contribution in [3.63, 3.8) is 0 Å². The molecule has 2 saturated heterocycles. The SMILES string of the molecule is CC[C@H]1O[C@]2(CC[C@H]1C)C[C@@H]1C[C@@H](C/C=C(\C)C[C@@H](C)/C=C/C=C3/C(=O)Oc4c(O)c(C)cc(c43)C(=O)O1)O2. The van der Waals surface area contributed by atoms with Gasteiger partial charge in [-0.15, -0.1) is 0 Å². The molecule has 6 atom stereocenters. The molecule has 2 fully saturated rings. The number of benzene rings is 1. The number of hydrogen-bond donors (Lipinski definition) is 1. The molecule has 7 heteroatoms. The van der Waals surface area contributed by atoms with Crippen molar-refractivity contribution in [3.05, 3.63) is 52.6 Å². The number of ether oxygens (including phenoxy) is 4. The zero-order valence-electron chi connectivity index (χ0n) is 23.6. The third-order valence-corrected chi connectivity index (χ3v) is 8.53. The topological polar surface area (TPSA) is 91.3 Å². The van der Waals surface area contributed by atoms with Gasteiger partial charge in [-0.2, -0.15) is 0 Å². The Morgan fingerprint density at radius 1 is 1.10 bits per heavy atom. The second-order valence-corrected chi connectivity index (χ2v) is 11.8. The number of aromatic hydroxyl groups is 1. The predicted molar refractivity (Wildman–Crippen MR) is 147 cm³/mol. The van der Waals surface area contributed by atoms with Crippen molar-refractivity contribution in [1.29, 1.82) is 0 Å². The monoisotopic (exact) mass is 536 g/mol. The Morgan fingerprint density at radius 2 is 1.90 bits per heavy atom. The third-order valence-electron chi connectivity index (χ3n) is 8.53. The number of phenolic OH excluding ortho intramolecular Hbond substituents is 1. The van der Waals surface area contributed by atoms with E-state index in [1.165, 1.54) is 5.57 Å². The lowest BCUT2D eigenvalue weighted by Gasteiger charge is -2.49. The quantitative estimate of drug-likeness (QED) is 0.247. The van der Waals surface area contributed by atoms with Crippen molar-refractivity contribution in [1.82, 2.24) is 0 Å². The Kier molecular flexibility index (Phi) is 7.75. The summed E-state index contributed by atoms with van der Waals surface area (Å²) in [5.41, 5.74) is 2.41. The summed E-state index contributed by atoms with van der Waals surface area (Å²) in [7, 11) is 0. The van der Waals surface area contributed by atoms with Crippen LogP contribution >= 0.6 is 0 Å². The molecule has 0 radical (unpaired) electrons. The molecule has 1 aromatic carbocycles. The van der Waals surface area contributed by atoms with E-state index in [4.69, 9.17) is 18.9 Å². The molecule has 4 heterocycles. The van der Waals surface area contributed by atoms with Crippen LogP contribution in [0, 0.1) is 18.8 Å². The van der Waals surface area contributed by atoms with Crippen LogP contribution < -0.4 is 4.74 Å². The van der Waals surface area contributed by atoms with Crippen molar-refractivity contribution >= 4 is 17.5 Å². The highest BCUT2D eigenvalue weighted by Gasteiger charge is 2.48. The van der Waals surface area contributed by atoms with E-state index >= 15 is 0 Å². The van der Waals surface area contributed by atoms with Gasteiger partial charge in [-0.3, -0.25) is 0 Å². The van der Waals surface area contributed by atoms with Crippen LogP contribution in [0.4, 0.5) is 0 Å². The molecule has 1 aromatic rings. The van der Waals surface area contributed by atoms with Crippen molar-refractivity contribution in [2.24, 2.45) is 11.8 Å². The molecular weight excluding hydrogens is 496 g/mol. The van der Waals surface area contributed by atoms with Gasteiger partial charge in [0.15, 0.2) is 17.3 Å². The van der Waals surface area contributed by atoms with Gasteiger partial charge in [0, 0.05) is 19.3 Å². The van der Waals surface area contributed by atoms with E-state index in [0.717, 1.165) is 25.7 Å². The van der Waals surface area contributed by atoms with Crippen LogP contribution in [0.25, 0.3) is 5.57 Å². The molecule has 7 nitrogen and oxygen atoms in total. The number of allylic oxidation sites excluding steroid dienone is 4. The van der Waals surface area contributed by atoms with Crippen molar-refractivity contribution in [3.8, 4) is 11.5 Å². The Hall–Kier alpha value is -2.90. The van der Waals surface area contributed by atoms with Crippen LogP contribution in [0.1, 0.15) is 94.1 Å². The van der Waals surface area contributed by atoms with Crippen LogP contribution in [0.5, 0.6) is 11.5 Å². The van der Waals surface area contributed by atoms with E-state index in [1.54, 1.807) is 19.1 Å². The molecule has 210 valence electrons. The number of esters is 2. The molecule has 39 heavy (non-hydrogen) atoms. The van der Waals surface area contributed by atoms with Crippen LogP contribution in [0.2, 0.25) is 0 Å². The number of hydrogen-bond acceptors (Lipinski definition) is 7. The summed E-state index contributed by atoms with van der Waals surface area (Å²) in [6.45, 7) is 10.3. The lowest BCUT2D eigenvalue weighted by Crippen LogP contribution is -2.54. The molecule has 1 N–H and O–H groups in total. The van der Waals surface area contributed by atoms with Crippen LogP contribution in [0.15, 0.2) is 35.9 Å². The molecule has 0 saturated carbocycles. The van der Waals surface area contributed by atoms with Crippen LogP contribution in [-0.4, -0.2) is 41.1 Å².